The number of anilines is 1. The Kier molecular flexibility index (Phi) is 4.78. The highest BCUT2D eigenvalue weighted by Gasteiger charge is 2.19. The Morgan fingerprint density at radius 1 is 1.17 bits per heavy atom. The summed E-state index contributed by atoms with van der Waals surface area (Å²) in [6.45, 7) is 0. The molecule has 0 fully saturated rings. The van der Waals surface area contributed by atoms with E-state index in [1.165, 1.54) is 14.2 Å². The molecule has 144 valence electrons. The standard InChI is InChI=1S/C20H14BrN5O3/c1-28-16-7-12(13(21)8-17(16)29-2)19(27)24-18-11(9-22)10-26-15-6-4-3-5-14(15)23-20(26)25-18/h3-8,10H,1-2H3,(H,23,24,25,27). The van der Waals surface area contributed by atoms with Crippen LogP contribution in [0.25, 0.3) is 16.8 Å². The summed E-state index contributed by atoms with van der Waals surface area (Å²) in [7, 11) is 3.00. The van der Waals surface area contributed by atoms with Crippen LogP contribution < -0.4 is 14.8 Å². The van der Waals surface area contributed by atoms with Gasteiger partial charge in [0.25, 0.3) is 5.91 Å². The van der Waals surface area contributed by atoms with Crippen molar-refractivity contribution in [1.29, 1.82) is 5.26 Å². The van der Waals surface area contributed by atoms with E-state index in [1.807, 2.05) is 24.3 Å². The Morgan fingerprint density at radius 3 is 2.62 bits per heavy atom. The highest BCUT2D eigenvalue weighted by atomic mass is 79.9. The van der Waals surface area contributed by atoms with Gasteiger partial charge in [-0.25, -0.2) is 4.98 Å². The maximum Gasteiger partial charge on any atom is 0.258 e. The van der Waals surface area contributed by atoms with Gasteiger partial charge in [0.05, 0.1) is 30.8 Å². The zero-order chi connectivity index (χ0) is 20.5. The number of halogens is 1. The molecular formula is C20H14BrN5O3. The van der Waals surface area contributed by atoms with Crippen LogP contribution >= 0.6 is 15.9 Å². The van der Waals surface area contributed by atoms with Gasteiger partial charge in [-0.3, -0.25) is 9.20 Å². The van der Waals surface area contributed by atoms with Gasteiger partial charge in [0, 0.05) is 10.7 Å². The molecule has 4 rings (SSSR count). The number of benzene rings is 2. The average Bonchev–Trinajstić information content (AvgIpc) is 3.10. The molecule has 1 N–H and O–H groups in total. The summed E-state index contributed by atoms with van der Waals surface area (Å²) in [5.74, 6) is 0.942. The van der Waals surface area contributed by atoms with E-state index in [2.05, 4.69) is 37.3 Å². The van der Waals surface area contributed by atoms with Crippen LogP contribution in [-0.2, 0) is 0 Å². The Morgan fingerprint density at radius 2 is 1.90 bits per heavy atom. The minimum absolute atomic E-state index is 0.127. The third-order valence-corrected chi connectivity index (χ3v) is 5.03. The molecule has 0 aliphatic heterocycles. The molecule has 4 aromatic rings. The molecule has 0 bridgehead atoms. The van der Waals surface area contributed by atoms with Crippen molar-refractivity contribution >= 4 is 44.5 Å². The van der Waals surface area contributed by atoms with Crippen LogP contribution in [0.1, 0.15) is 15.9 Å². The van der Waals surface area contributed by atoms with Gasteiger partial charge in [-0.2, -0.15) is 10.2 Å². The summed E-state index contributed by atoms with van der Waals surface area (Å²) in [6, 6.07) is 12.8. The van der Waals surface area contributed by atoms with Gasteiger partial charge in [-0.15, -0.1) is 0 Å². The number of ether oxygens (including phenoxy) is 2. The molecule has 0 aliphatic carbocycles. The first-order valence-electron chi connectivity index (χ1n) is 8.46. The minimum Gasteiger partial charge on any atom is -0.493 e. The largest absolute Gasteiger partial charge is 0.493 e. The molecule has 0 atom stereocenters. The first-order valence-corrected chi connectivity index (χ1v) is 9.26. The van der Waals surface area contributed by atoms with E-state index in [1.54, 1.807) is 22.7 Å². The number of hydrogen-bond acceptors (Lipinski definition) is 6. The lowest BCUT2D eigenvalue weighted by Gasteiger charge is -2.12. The van der Waals surface area contributed by atoms with Gasteiger partial charge in [-0.1, -0.05) is 12.1 Å². The Hall–Kier alpha value is -3.64. The number of rotatable bonds is 4. The molecule has 0 saturated carbocycles. The summed E-state index contributed by atoms with van der Waals surface area (Å²) in [5.41, 5.74) is 2.09. The lowest BCUT2D eigenvalue weighted by molar-refractivity contribution is 0.102. The molecule has 8 nitrogen and oxygen atoms in total. The molecule has 2 aromatic carbocycles. The number of imidazole rings is 1. The lowest BCUT2D eigenvalue weighted by atomic mass is 10.2. The number of para-hydroxylation sites is 2. The molecule has 2 heterocycles. The number of nitrogens with zero attached hydrogens (tertiary/aromatic N) is 4. The lowest BCUT2D eigenvalue weighted by Crippen LogP contribution is -2.15. The molecule has 29 heavy (non-hydrogen) atoms. The van der Waals surface area contributed by atoms with Gasteiger partial charge in [-0.05, 0) is 40.2 Å². The van der Waals surface area contributed by atoms with Crippen LogP contribution in [0.15, 0.2) is 47.1 Å². The van der Waals surface area contributed by atoms with Crippen molar-refractivity contribution < 1.29 is 14.3 Å². The SMILES string of the molecule is COc1cc(Br)c(C(=O)Nc2nc3nc4ccccc4n3cc2C#N)cc1OC. The van der Waals surface area contributed by atoms with Crippen LogP contribution in [0.2, 0.25) is 0 Å². The van der Waals surface area contributed by atoms with E-state index in [9.17, 15) is 10.1 Å². The van der Waals surface area contributed by atoms with Crippen LogP contribution in [0, 0.1) is 11.3 Å². The third kappa shape index (κ3) is 3.23. The number of hydrogen-bond donors (Lipinski definition) is 1. The fraction of sp³-hybridized carbons (Fsp3) is 0.100. The molecule has 9 heteroatoms. The Balaban J connectivity index is 1.77. The van der Waals surface area contributed by atoms with E-state index in [4.69, 9.17) is 9.47 Å². The minimum atomic E-state index is -0.456. The quantitative estimate of drug-likeness (QED) is 0.506. The predicted molar refractivity (Wildman–Crippen MR) is 110 cm³/mol. The number of methoxy groups -OCH3 is 2. The van der Waals surface area contributed by atoms with Crippen molar-refractivity contribution in [3.63, 3.8) is 0 Å². The Bertz CT molecular complexity index is 1310. The van der Waals surface area contributed by atoms with Crippen molar-refractivity contribution in [3.8, 4) is 17.6 Å². The van der Waals surface area contributed by atoms with Gasteiger partial charge in [0.15, 0.2) is 17.3 Å². The van der Waals surface area contributed by atoms with Crippen LogP contribution in [0.4, 0.5) is 5.82 Å². The van der Waals surface area contributed by atoms with Crippen LogP contribution in [-0.4, -0.2) is 34.5 Å². The fourth-order valence-electron chi connectivity index (χ4n) is 2.97. The van der Waals surface area contributed by atoms with Gasteiger partial charge < -0.3 is 14.8 Å². The summed E-state index contributed by atoms with van der Waals surface area (Å²) in [6.07, 6.45) is 1.61. The van der Waals surface area contributed by atoms with Crippen molar-refractivity contribution in [2.45, 2.75) is 0 Å². The number of carbonyl (C=O) groups excluding carboxylic acids is 1. The molecule has 1 amide bonds. The second-order valence-electron chi connectivity index (χ2n) is 6.03. The molecule has 0 unspecified atom stereocenters. The molecule has 0 spiro atoms. The smallest absolute Gasteiger partial charge is 0.258 e. The normalized spacial score (nSPS) is 10.7. The van der Waals surface area contributed by atoms with E-state index in [0.29, 0.717) is 27.3 Å². The number of aromatic nitrogens is 3. The van der Waals surface area contributed by atoms with Crippen LogP contribution in [0.3, 0.4) is 0 Å². The number of amides is 1. The number of fused-ring (bicyclic) bond motifs is 3. The molecule has 0 saturated heterocycles. The van der Waals surface area contributed by atoms with Gasteiger partial charge >= 0.3 is 0 Å². The molecule has 0 radical (unpaired) electrons. The molecule has 0 aliphatic rings. The number of nitriles is 1. The first-order chi connectivity index (χ1) is 14.0. The number of nitrogens with one attached hydrogen (secondary N) is 1. The highest BCUT2D eigenvalue weighted by Crippen LogP contribution is 2.33. The van der Waals surface area contributed by atoms with Gasteiger partial charge in [0.1, 0.15) is 11.6 Å². The van der Waals surface area contributed by atoms with Crippen molar-refractivity contribution in [1.82, 2.24) is 14.4 Å². The maximum absolute atomic E-state index is 12.9. The fourth-order valence-corrected chi connectivity index (χ4v) is 3.47. The monoisotopic (exact) mass is 451 g/mol. The summed E-state index contributed by atoms with van der Waals surface area (Å²) in [4.78, 5) is 21.7. The highest BCUT2D eigenvalue weighted by molar-refractivity contribution is 9.10. The summed E-state index contributed by atoms with van der Waals surface area (Å²) >= 11 is 3.37. The molecular weight excluding hydrogens is 438 g/mol. The van der Waals surface area contributed by atoms with Crippen molar-refractivity contribution in [2.24, 2.45) is 0 Å². The van der Waals surface area contributed by atoms with E-state index in [-0.39, 0.29) is 11.4 Å². The summed E-state index contributed by atoms with van der Waals surface area (Å²) in [5, 5.41) is 12.2. The van der Waals surface area contributed by atoms with E-state index < -0.39 is 5.91 Å². The van der Waals surface area contributed by atoms with Crippen molar-refractivity contribution in [2.75, 3.05) is 19.5 Å². The van der Waals surface area contributed by atoms with Crippen LogP contribution in [0.5, 0.6) is 11.5 Å². The van der Waals surface area contributed by atoms with E-state index in [0.717, 1.165) is 11.0 Å². The zero-order valence-electron chi connectivity index (χ0n) is 15.4. The predicted octanol–water partition coefficient (Wildman–Crippen LogP) is 3.79. The Labute approximate surface area is 173 Å². The average molecular weight is 452 g/mol. The second kappa shape index (κ2) is 7.41. The van der Waals surface area contributed by atoms with Gasteiger partial charge in [0.2, 0.25) is 5.78 Å². The zero-order valence-corrected chi connectivity index (χ0v) is 17.0. The number of carbonyl (C=O) groups is 1. The second-order valence-corrected chi connectivity index (χ2v) is 6.88. The first kappa shape index (κ1) is 18.7. The third-order valence-electron chi connectivity index (χ3n) is 4.37. The van der Waals surface area contributed by atoms with Crippen molar-refractivity contribution in [3.05, 3.63) is 58.2 Å². The topological polar surface area (TPSA) is 102 Å². The molecule has 2 aromatic heterocycles. The van der Waals surface area contributed by atoms with E-state index >= 15 is 0 Å². The summed E-state index contributed by atoms with van der Waals surface area (Å²) < 4.78 is 12.7. The maximum atomic E-state index is 12.9.